The van der Waals surface area contributed by atoms with Gasteiger partial charge >= 0.3 is 0 Å². The van der Waals surface area contributed by atoms with E-state index in [1.165, 1.54) is 11.3 Å². The summed E-state index contributed by atoms with van der Waals surface area (Å²) in [6, 6.07) is 12.4. The summed E-state index contributed by atoms with van der Waals surface area (Å²) in [7, 11) is 0. The standard InChI is InChI=1S/C24H22Cl2N2O3S/c1-14-6-9-16(10-7-14)27-23(30)22-17-4-2-3-5-20(17)32-24(22)28-21(29)13-31-19-11-8-15(25)12-18(19)26/h6-12H,2-5,13H2,1H3,(H,27,30)(H,28,29). The monoisotopic (exact) mass is 488 g/mol. The van der Waals surface area contributed by atoms with Crippen LogP contribution in [0.5, 0.6) is 5.75 Å². The van der Waals surface area contributed by atoms with E-state index < -0.39 is 0 Å². The molecule has 3 aromatic rings. The molecule has 1 aliphatic carbocycles. The maximum absolute atomic E-state index is 13.2. The second kappa shape index (κ2) is 9.94. The van der Waals surface area contributed by atoms with Crippen LogP contribution in [0.25, 0.3) is 0 Å². The Balaban J connectivity index is 1.51. The van der Waals surface area contributed by atoms with E-state index in [-0.39, 0.29) is 18.4 Å². The number of ether oxygens (including phenoxy) is 1. The Kier molecular flexibility index (Phi) is 7.04. The summed E-state index contributed by atoms with van der Waals surface area (Å²) in [6.07, 6.45) is 3.85. The normalized spacial score (nSPS) is 12.7. The molecule has 0 bridgehead atoms. The number of aryl methyl sites for hydroxylation is 2. The molecule has 2 aromatic carbocycles. The smallest absolute Gasteiger partial charge is 0.262 e. The molecule has 0 unspecified atom stereocenters. The highest BCUT2D eigenvalue weighted by atomic mass is 35.5. The van der Waals surface area contributed by atoms with Crippen molar-refractivity contribution >= 4 is 57.0 Å². The molecule has 166 valence electrons. The molecule has 0 radical (unpaired) electrons. The Bertz CT molecular complexity index is 1160. The molecule has 8 heteroatoms. The SMILES string of the molecule is Cc1ccc(NC(=O)c2c(NC(=O)COc3ccc(Cl)cc3Cl)sc3c2CCCC3)cc1. The molecule has 0 spiro atoms. The van der Waals surface area contributed by atoms with Crippen LogP contribution in [-0.4, -0.2) is 18.4 Å². The van der Waals surface area contributed by atoms with Crippen molar-refractivity contribution in [3.8, 4) is 5.75 Å². The number of anilines is 2. The third-order valence-electron chi connectivity index (χ3n) is 5.21. The van der Waals surface area contributed by atoms with Gasteiger partial charge in [-0.2, -0.15) is 0 Å². The van der Waals surface area contributed by atoms with E-state index >= 15 is 0 Å². The molecule has 0 saturated carbocycles. The third kappa shape index (κ3) is 5.26. The Morgan fingerprint density at radius 1 is 1.03 bits per heavy atom. The van der Waals surface area contributed by atoms with Gasteiger partial charge in [0.05, 0.1) is 10.6 Å². The van der Waals surface area contributed by atoms with Crippen molar-refractivity contribution in [2.45, 2.75) is 32.6 Å². The lowest BCUT2D eigenvalue weighted by molar-refractivity contribution is -0.118. The molecule has 2 amide bonds. The van der Waals surface area contributed by atoms with Gasteiger partial charge in [-0.15, -0.1) is 11.3 Å². The summed E-state index contributed by atoms with van der Waals surface area (Å²) in [5.41, 5.74) is 3.41. The van der Waals surface area contributed by atoms with Gasteiger partial charge in [0, 0.05) is 15.6 Å². The Morgan fingerprint density at radius 3 is 2.53 bits per heavy atom. The van der Waals surface area contributed by atoms with Gasteiger partial charge in [-0.05, 0) is 68.5 Å². The molecule has 0 fully saturated rings. The van der Waals surface area contributed by atoms with Crippen molar-refractivity contribution < 1.29 is 14.3 Å². The lowest BCUT2D eigenvalue weighted by atomic mass is 9.95. The number of benzene rings is 2. The van der Waals surface area contributed by atoms with Gasteiger partial charge in [-0.3, -0.25) is 9.59 Å². The van der Waals surface area contributed by atoms with Crippen molar-refractivity contribution in [1.29, 1.82) is 0 Å². The fourth-order valence-electron chi connectivity index (χ4n) is 3.62. The quantitative estimate of drug-likeness (QED) is 0.415. The minimum atomic E-state index is -0.362. The van der Waals surface area contributed by atoms with E-state index in [9.17, 15) is 9.59 Å². The molecule has 0 atom stereocenters. The molecule has 4 rings (SSSR count). The van der Waals surface area contributed by atoms with Crippen LogP contribution in [0.15, 0.2) is 42.5 Å². The van der Waals surface area contributed by atoms with Crippen LogP contribution in [0.1, 0.15) is 39.2 Å². The fraction of sp³-hybridized carbons (Fsp3) is 0.250. The summed E-state index contributed by atoms with van der Waals surface area (Å²) in [4.78, 5) is 26.9. The lowest BCUT2D eigenvalue weighted by Gasteiger charge is -2.13. The Morgan fingerprint density at radius 2 is 1.78 bits per heavy atom. The predicted octanol–water partition coefficient (Wildman–Crippen LogP) is 6.51. The van der Waals surface area contributed by atoms with Crippen molar-refractivity contribution in [3.05, 3.63) is 74.1 Å². The first kappa shape index (κ1) is 22.6. The summed E-state index contributed by atoms with van der Waals surface area (Å²) in [6.45, 7) is 1.76. The number of hydrogen-bond acceptors (Lipinski definition) is 4. The number of rotatable bonds is 6. The molecule has 1 aliphatic rings. The first-order chi connectivity index (χ1) is 15.4. The van der Waals surface area contributed by atoms with Crippen LogP contribution in [0, 0.1) is 6.92 Å². The zero-order chi connectivity index (χ0) is 22.7. The van der Waals surface area contributed by atoms with E-state index in [2.05, 4.69) is 10.6 Å². The second-order valence-electron chi connectivity index (χ2n) is 7.65. The molecule has 2 N–H and O–H groups in total. The van der Waals surface area contributed by atoms with Gasteiger partial charge in [-0.25, -0.2) is 0 Å². The van der Waals surface area contributed by atoms with E-state index in [0.717, 1.165) is 41.7 Å². The van der Waals surface area contributed by atoms with Gasteiger partial charge in [0.1, 0.15) is 10.8 Å². The molecular weight excluding hydrogens is 467 g/mol. The average molecular weight is 489 g/mol. The number of thiophene rings is 1. The van der Waals surface area contributed by atoms with Gasteiger partial charge in [-0.1, -0.05) is 40.9 Å². The Hall–Kier alpha value is -2.54. The number of carbonyl (C=O) groups is 2. The largest absolute Gasteiger partial charge is 0.482 e. The number of amides is 2. The van der Waals surface area contributed by atoms with Crippen molar-refractivity contribution in [2.75, 3.05) is 17.2 Å². The van der Waals surface area contributed by atoms with Crippen LogP contribution >= 0.6 is 34.5 Å². The van der Waals surface area contributed by atoms with Gasteiger partial charge in [0.25, 0.3) is 11.8 Å². The van der Waals surface area contributed by atoms with Crippen LogP contribution < -0.4 is 15.4 Å². The van der Waals surface area contributed by atoms with E-state index in [0.29, 0.717) is 32.0 Å². The fourth-order valence-corrected chi connectivity index (χ4v) is 5.39. The molecule has 1 heterocycles. The zero-order valence-corrected chi connectivity index (χ0v) is 19.8. The third-order valence-corrected chi connectivity index (χ3v) is 6.95. The molecular formula is C24H22Cl2N2O3S. The number of nitrogens with one attached hydrogen (secondary N) is 2. The van der Waals surface area contributed by atoms with Crippen LogP contribution in [0.3, 0.4) is 0 Å². The maximum atomic E-state index is 13.2. The number of halogens is 2. The summed E-state index contributed by atoms with van der Waals surface area (Å²) < 4.78 is 5.54. The van der Waals surface area contributed by atoms with Crippen molar-refractivity contribution in [1.82, 2.24) is 0 Å². The van der Waals surface area contributed by atoms with Crippen LogP contribution in [-0.2, 0) is 17.6 Å². The summed E-state index contributed by atoms with van der Waals surface area (Å²) in [5.74, 6) is -0.210. The lowest BCUT2D eigenvalue weighted by Crippen LogP contribution is -2.22. The highest BCUT2D eigenvalue weighted by molar-refractivity contribution is 7.17. The number of hydrogen-bond donors (Lipinski definition) is 2. The van der Waals surface area contributed by atoms with Crippen LogP contribution in [0.2, 0.25) is 10.0 Å². The number of fused-ring (bicyclic) bond motifs is 1. The van der Waals surface area contributed by atoms with Gasteiger partial charge in [0.2, 0.25) is 0 Å². The summed E-state index contributed by atoms with van der Waals surface area (Å²) >= 11 is 13.5. The first-order valence-electron chi connectivity index (χ1n) is 10.3. The highest BCUT2D eigenvalue weighted by Gasteiger charge is 2.26. The van der Waals surface area contributed by atoms with Gasteiger partial charge in [0.15, 0.2) is 6.61 Å². The minimum absolute atomic E-state index is 0.217. The molecule has 1 aromatic heterocycles. The van der Waals surface area contributed by atoms with E-state index in [1.54, 1.807) is 18.2 Å². The predicted molar refractivity (Wildman–Crippen MR) is 131 cm³/mol. The van der Waals surface area contributed by atoms with Crippen molar-refractivity contribution in [2.24, 2.45) is 0 Å². The topological polar surface area (TPSA) is 67.4 Å². The summed E-state index contributed by atoms with van der Waals surface area (Å²) in [5, 5.41) is 7.20. The van der Waals surface area contributed by atoms with Gasteiger partial charge < -0.3 is 15.4 Å². The maximum Gasteiger partial charge on any atom is 0.262 e. The Labute approximate surface area is 200 Å². The number of carbonyl (C=O) groups excluding carboxylic acids is 2. The second-order valence-corrected chi connectivity index (χ2v) is 9.60. The average Bonchev–Trinajstić information content (AvgIpc) is 3.12. The molecule has 5 nitrogen and oxygen atoms in total. The molecule has 0 aliphatic heterocycles. The van der Waals surface area contributed by atoms with E-state index in [4.69, 9.17) is 27.9 Å². The van der Waals surface area contributed by atoms with Crippen molar-refractivity contribution in [3.63, 3.8) is 0 Å². The first-order valence-corrected chi connectivity index (χ1v) is 11.9. The molecule has 0 saturated heterocycles. The minimum Gasteiger partial charge on any atom is -0.482 e. The zero-order valence-electron chi connectivity index (χ0n) is 17.5. The van der Waals surface area contributed by atoms with Crippen LogP contribution in [0.4, 0.5) is 10.7 Å². The van der Waals surface area contributed by atoms with E-state index in [1.807, 2.05) is 31.2 Å². The molecule has 32 heavy (non-hydrogen) atoms. The highest BCUT2D eigenvalue weighted by Crippen LogP contribution is 2.38.